The lowest BCUT2D eigenvalue weighted by Gasteiger charge is -2.44. The number of amides is 2. The third kappa shape index (κ3) is 1.90. The van der Waals surface area contributed by atoms with E-state index >= 15 is 0 Å². The SMILES string of the molecule is O=C1NCC2(CN(C(=O)c3ncoc3-c3cccs3)C2)O1. The molecule has 21 heavy (non-hydrogen) atoms. The van der Waals surface area contributed by atoms with Crippen molar-refractivity contribution < 1.29 is 18.7 Å². The average Bonchev–Trinajstić information content (AvgIpc) is 3.15. The first-order chi connectivity index (χ1) is 10.2. The summed E-state index contributed by atoms with van der Waals surface area (Å²) < 4.78 is 10.5. The van der Waals surface area contributed by atoms with E-state index in [-0.39, 0.29) is 5.91 Å². The van der Waals surface area contributed by atoms with Crippen LogP contribution in [0.5, 0.6) is 0 Å². The second-order valence-electron chi connectivity index (χ2n) is 5.09. The molecule has 2 amide bonds. The number of carbonyl (C=O) groups excluding carboxylic acids is 2. The van der Waals surface area contributed by atoms with Gasteiger partial charge in [0.05, 0.1) is 24.5 Å². The van der Waals surface area contributed by atoms with E-state index in [0.717, 1.165) is 4.88 Å². The quantitative estimate of drug-likeness (QED) is 0.905. The molecule has 8 heteroatoms. The van der Waals surface area contributed by atoms with Gasteiger partial charge in [-0.2, -0.15) is 0 Å². The summed E-state index contributed by atoms with van der Waals surface area (Å²) in [6, 6.07) is 3.77. The van der Waals surface area contributed by atoms with Crippen LogP contribution in [0.3, 0.4) is 0 Å². The first-order valence-corrected chi connectivity index (χ1v) is 7.28. The standard InChI is InChI=1S/C13H11N3O4S/c17-11(16-5-13(6-16)4-14-12(18)20-13)9-10(19-7-15-9)8-2-1-3-21-8/h1-3,7H,4-6H2,(H,14,18). The molecule has 1 spiro atoms. The summed E-state index contributed by atoms with van der Waals surface area (Å²) in [6.45, 7) is 1.19. The zero-order chi connectivity index (χ0) is 14.4. The molecule has 0 aromatic carbocycles. The smallest absolute Gasteiger partial charge is 0.408 e. The molecule has 0 radical (unpaired) electrons. The van der Waals surface area contributed by atoms with Crippen molar-refractivity contribution in [2.24, 2.45) is 0 Å². The minimum atomic E-state index is -0.570. The third-order valence-corrected chi connectivity index (χ3v) is 4.49. The highest BCUT2D eigenvalue weighted by Gasteiger charge is 2.52. The van der Waals surface area contributed by atoms with Gasteiger partial charge < -0.3 is 19.4 Å². The molecule has 7 nitrogen and oxygen atoms in total. The largest absolute Gasteiger partial charge is 0.442 e. The van der Waals surface area contributed by atoms with E-state index in [1.807, 2.05) is 17.5 Å². The highest BCUT2D eigenvalue weighted by molar-refractivity contribution is 7.13. The third-order valence-electron chi connectivity index (χ3n) is 3.62. The number of likely N-dealkylation sites (tertiary alicyclic amines) is 1. The van der Waals surface area contributed by atoms with Gasteiger partial charge in [0.2, 0.25) is 0 Å². The summed E-state index contributed by atoms with van der Waals surface area (Å²) in [4.78, 5) is 30.1. The zero-order valence-corrected chi connectivity index (χ0v) is 11.7. The maximum atomic E-state index is 12.5. The number of carbonyl (C=O) groups is 2. The molecule has 2 aliphatic rings. The molecule has 0 aliphatic carbocycles. The van der Waals surface area contributed by atoms with Gasteiger partial charge in [-0.1, -0.05) is 6.07 Å². The number of thiophene rings is 1. The molecule has 0 atom stereocenters. The summed E-state index contributed by atoms with van der Waals surface area (Å²) in [5.41, 5.74) is -0.274. The predicted octanol–water partition coefficient (Wildman–Crippen LogP) is 1.34. The molecular weight excluding hydrogens is 294 g/mol. The molecule has 0 bridgehead atoms. The molecule has 0 saturated carbocycles. The van der Waals surface area contributed by atoms with E-state index in [4.69, 9.17) is 9.15 Å². The van der Waals surface area contributed by atoms with E-state index in [1.54, 1.807) is 4.90 Å². The molecule has 4 heterocycles. The van der Waals surface area contributed by atoms with E-state index in [0.29, 0.717) is 31.1 Å². The molecule has 2 saturated heterocycles. The predicted molar refractivity (Wildman–Crippen MR) is 72.9 cm³/mol. The molecule has 2 aromatic heterocycles. The molecular formula is C13H11N3O4S. The first-order valence-electron chi connectivity index (χ1n) is 6.40. The maximum Gasteiger partial charge on any atom is 0.408 e. The number of nitrogens with zero attached hydrogens (tertiary/aromatic N) is 2. The van der Waals surface area contributed by atoms with E-state index in [1.165, 1.54) is 17.7 Å². The van der Waals surface area contributed by atoms with Gasteiger partial charge in [-0.05, 0) is 11.4 Å². The van der Waals surface area contributed by atoms with Crippen LogP contribution in [0.2, 0.25) is 0 Å². The van der Waals surface area contributed by atoms with Gasteiger partial charge in [-0.25, -0.2) is 9.78 Å². The van der Waals surface area contributed by atoms with Crippen molar-refractivity contribution in [1.29, 1.82) is 0 Å². The number of oxazole rings is 1. The normalized spacial score (nSPS) is 19.2. The Morgan fingerprint density at radius 1 is 1.48 bits per heavy atom. The van der Waals surface area contributed by atoms with Crippen molar-refractivity contribution in [2.45, 2.75) is 5.60 Å². The first kappa shape index (κ1) is 12.4. The van der Waals surface area contributed by atoms with Gasteiger partial charge in [0.25, 0.3) is 5.91 Å². The second kappa shape index (κ2) is 4.32. The van der Waals surface area contributed by atoms with Crippen molar-refractivity contribution in [1.82, 2.24) is 15.2 Å². The Kier molecular flexibility index (Phi) is 2.55. The highest BCUT2D eigenvalue weighted by atomic mass is 32.1. The van der Waals surface area contributed by atoms with Crippen molar-refractivity contribution in [3.8, 4) is 10.6 Å². The van der Waals surface area contributed by atoms with Crippen LogP contribution < -0.4 is 5.32 Å². The van der Waals surface area contributed by atoms with Crippen LogP contribution in [0.25, 0.3) is 10.6 Å². The fourth-order valence-corrected chi connectivity index (χ4v) is 3.31. The van der Waals surface area contributed by atoms with Gasteiger partial charge in [-0.3, -0.25) is 4.79 Å². The van der Waals surface area contributed by atoms with E-state index in [9.17, 15) is 9.59 Å². The summed E-state index contributed by atoms with van der Waals surface area (Å²) in [6.07, 6.45) is 0.845. The second-order valence-corrected chi connectivity index (χ2v) is 6.04. The molecule has 0 unspecified atom stereocenters. The number of rotatable bonds is 2. The van der Waals surface area contributed by atoms with Gasteiger partial charge in [0.1, 0.15) is 0 Å². The lowest BCUT2D eigenvalue weighted by atomic mass is 9.94. The Labute approximate surface area is 123 Å². The molecule has 2 aromatic rings. The molecule has 4 rings (SSSR count). The van der Waals surface area contributed by atoms with Gasteiger partial charge in [-0.15, -0.1) is 11.3 Å². The Morgan fingerprint density at radius 2 is 2.33 bits per heavy atom. The number of ether oxygens (including phenoxy) is 1. The Hall–Kier alpha value is -2.35. The molecule has 108 valence electrons. The average molecular weight is 305 g/mol. The van der Waals surface area contributed by atoms with Crippen LogP contribution >= 0.6 is 11.3 Å². The molecule has 2 fully saturated rings. The topological polar surface area (TPSA) is 84.7 Å². The highest BCUT2D eigenvalue weighted by Crippen LogP contribution is 2.32. The number of aromatic nitrogens is 1. The van der Waals surface area contributed by atoms with Crippen molar-refractivity contribution in [2.75, 3.05) is 19.6 Å². The van der Waals surface area contributed by atoms with E-state index < -0.39 is 11.7 Å². The van der Waals surface area contributed by atoms with Crippen molar-refractivity contribution in [3.05, 3.63) is 29.6 Å². The lowest BCUT2D eigenvalue weighted by molar-refractivity contribution is -0.0577. The van der Waals surface area contributed by atoms with Crippen LogP contribution in [0.15, 0.2) is 28.3 Å². The van der Waals surface area contributed by atoms with E-state index in [2.05, 4.69) is 10.3 Å². The number of hydrogen-bond donors (Lipinski definition) is 1. The summed E-state index contributed by atoms with van der Waals surface area (Å²) in [5.74, 6) is 0.276. The number of nitrogens with one attached hydrogen (secondary N) is 1. The van der Waals surface area contributed by atoms with Gasteiger partial charge >= 0.3 is 6.09 Å². The zero-order valence-electron chi connectivity index (χ0n) is 10.9. The maximum absolute atomic E-state index is 12.5. The van der Waals surface area contributed by atoms with Crippen molar-refractivity contribution in [3.63, 3.8) is 0 Å². The summed E-state index contributed by atoms with van der Waals surface area (Å²) >= 11 is 1.48. The Bertz CT molecular complexity index is 703. The van der Waals surface area contributed by atoms with Gasteiger partial charge in [0, 0.05) is 0 Å². The fraction of sp³-hybridized carbons (Fsp3) is 0.308. The minimum Gasteiger partial charge on any atom is -0.442 e. The van der Waals surface area contributed by atoms with Crippen LogP contribution in [-0.4, -0.2) is 47.1 Å². The minimum absolute atomic E-state index is 0.208. The fourth-order valence-electron chi connectivity index (χ4n) is 2.60. The van der Waals surface area contributed by atoms with Gasteiger partial charge in [0.15, 0.2) is 23.4 Å². The monoisotopic (exact) mass is 305 g/mol. The number of hydrogen-bond acceptors (Lipinski definition) is 6. The van der Waals surface area contributed by atoms with Crippen LogP contribution in [-0.2, 0) is 4.74 Å². The number of alkyl carbamates (subject to hydrolysis) is 1. The Morgan fingerprint density at radius 3 is 3.00 bits per heavy atom. The molecule has 1 N–H and O–H groups in total. The lowest BCUT2D eigenvalue weighted by Crippen LogP contribution is -2.65. The summed E-state index contributed by atoms with van der Waals surface area (Å²) in [7, 11) is 0. The van der Waals surface area contributed by atoms with Crippen LogP contribution in [0.4, 0.5) is 4.79 Å². The van der Waals surface area contributed by atoms with Crippen LogP contribution in [0.1, 0.15) is 10.5 Å². The molecule has 2 aliphatic heterocycles. The Balaban J connectivity index is 1.53. The summed E-state index contributed by atoms with van der Waals surface area (Å²) in [5, 5.41) is 4.52. The van der Waals surface area contributed by atoms with Crippen molar-refractivity contribution >= 4 is 23.3 Å². The van der Waals surface area contributed by atoms with Crippen LogP contribution in [0, 0.1) is 0 Å².